The highest BCUT2D eigenvalue weighted by Gasteiger charge is 2.12. The molecule has 1 rings (SSSR count). The number of hydrogen-bond acceptors (Lipinski definition) is 3. The molecular weight excluding hydrogens is 186 g/mol. The standard InChI is InChI=1S/C12H21N3/c1-9(2)7-8-12(15-14)10-5-3-4-6-11(10)13/h3-6,9,12,15H,7-8,13-14H2,1-2H3. The molecule has 0 radical (unpaired) electrons. The smallest absolute Gasteiger partial charge is 0.0480 e. The third kappa shape index (κ3) is 3.53. The zero-order chi connectivity index (χ0) is 11.3. The van der Waals surface area contributed by atoms with Crippen LogP contribution in [-0.2, 0) is 0 Å². The Hall–Kier alpha value is -1.06. The van der Waals surface area contributed by atoms with Gasteiger partial charge in [-0.3, -0.25) is 11.3 Å². The summed E-state index contributed by atoms with van der Waals surface area (Å²) in [6.45, 7) is 4.42. The monoisotopic (exact) mass is 207 g/mol. The zero-order valence-electron chi connectivity index (χ0n) is 9.53. The molecule has 1 aromatic carbocycles. The molecular formula is C12H21N3. The largest absolute Gasteiger partial charge is 0.398 e. The molecule has 1 unspecified atom stereocenters. The summed E-state index contributed by atoms with van der Waals surface area (Å²) in [6, 6.07) is 8.03. The number of hydrogen-bond donors (Lipinski definition) is 3. The first-order valence-corrected chi connectivity index (χ1v) is 5.45. The van der Waals surface area contributed by atoms with Gasteiger partial charge in [-0.05, 0) is 30.4 Å². The third-order valence-electron chi connectivity index (χ3n) is 2.61. The molecule has 0 saturated carbocycles. The van der Waals surface area contributed by atoms with E-state index in [0.29, 0.717) is 5.92 Å². The number of nitrogens with one attached hydrogen (secondary N) is 1. The van der Waals surface area contributed by atoms with Crippen molar-refractivity contribution in [2.45, 2.75) is 32.7 Å². The minimum Gasteiger partial charge on any atom is -0.398 e. The molecule has 3 nitrogen and oxygen atoms in total. The van der Waals surface area contributed by atoms with Crippen LogP contribution in [0.25, 0.3) is 0 Å². The van der Waals surface area contributed by atoms with Crippen LogP contribution in [-0.4, -0.2) is 0 Å². The van der Waals surface area contributed by atoms with Gasteiger partial charge in [0.05, 0.1) is 0 Å². The van der Waals surface area contributed by atoms with E-state index < -0.39 is 0 Å². The molecule has 0 aliphatic heterocycles. The second kappa shape index (κ2) is 5.73. The van der Waals surface area contributed by atoms with Crippen LogP contribution in [0.1, 0.15) is 38.3 Å². The van der Waals surface area contributed by atoms with Crippen LogP contribution >= 0.6 is 0 Å². The van der Waals surface area contributed by atoms with Gasteiger partial charge in [-0.2, -0.15) is 0 Å². The van der Waals surface area contributed by atoms with E-state index in [9.17, 15) is 0 Å². The molecule has 15 heavy (non-hydrogen) atoms. The lowest BCUT2D eigenvalue weighted by Crippen LogP contribution is -2.28. The molecule has 0 aromatic heterocycles. The molecule has 0 aliphatic rings. The Balaban J connectivity index is 2.70. The van der Waals surface area contributed by atoms with Crippen LogP contribution in [0.5, 0.6) is 0 Å². The summed E-state index contributed by atoms with van der Waals surface area (Å²) in [5.74, 6) is 6.24. The average molecular weight is 207 g/mol. The lowest BCUT2D eigenvalue weighted by atomic mass is 9.97. The van der Waals surface area contributed by atoms with Gasteiger partial charge in [-0.25, -0.2) is 0 Å². The summed E-state index contributed by atoms with van der Waals surface area (Å²) in [7, 11) is 0. The quantitative estimate of drug-likeness (QED) is 0.394. The van der Waals surface area contributed by atoms with Crippen LogP contribution in [0.2, 0.25) is 0 Å². The predicted octanol–water partition coefficient (Wildman–Crippen LogP) is 2.21. The molecule has 0 aliphatic carbocycles. The number of para-hydroxylation sites is 1. The number of hydrazine groups is 1. The van der Waals surface area contributed by atoms with Crippen molar-refractivity contribution in [3.05, 3.63) is 29.8 Å². The van der Waals surface area contributed by atoms with E-state index in [2.05, 4.69) is 19.3 Å². The van der Waals surface area contributed by atoms with Crippen molar-refractivity contribution >= 4 is 5.69 Å². The second-order valence-electron chi connectivity index (χ2n) is 4.32. The topological polar surface area (TPSA) is 64.1 Å². The maximum absolute atomic E-state index is 5.91. The molecule has 0 fully saturated rings. The van der Waals surface area contributed by atoms with Gasteiger partial charge in [0.2, 0.25) is 0 Å². The van der Waals surface area contributed by atoms with Gasteiger partial charge in [-0.15, -0.1) is 0 Å². The van der Waals surface area contributed by atoms with E-state index in [0.717, 1.165) is 24.1 Å². The number of rotatable bonds is 5. The summed E-state index contributed by atoms with van der Waals surface area (Å²) in [4.78, 5) is 0. The molecule has 5 N–H and O–H groups in total. The van der Waals surface area contributed by atoms with Crippen LogP contribution in [0.4, 0.5) is 5.69 Å². The first kappa shape index (κ1) is 12.0. The highest BCUT2D eigenvalue weighted by Crippen LogP contribution is 2.24. The van der Waals surface area contributed by atoms with Crippen LogP contribution < -0.4 is 17.0 Å². The predicted molar refractivity (Wildman–Crippen MR) is 65.0 cm³/mol. The van der Waals surface area contributed by atoms with Crippen molar-refractivity contribution in [2.24, 2.45) is 11.8 Å². The lowest BCUT2D eigenvalue weighted by Gasteiger charge is -2.19. The summed E-state index contributed by atoms with van der Waals surface area (Å²) < 4.78 is 0. The van der Waals surface area contributed by atoms with Crippen molar-refractivity contribution in [3.8, 4) is 0 Å². The van der Waals surface area contributed by atoms with Crippen molar-refractivity contribution < 1.29 is 0 Å². The molecule has 84 valence electrons. The van der Waals surface area contributed by atoms with Gasteiger partial charge < -0.3 is 5.73 Å². The van der Waals surface area contributed by atoms with E-state index in [1.165, 1.54) is 0 Å². The SMILES string of the molecule is CC(C)CCC(NN)c1ccccc1N. The van der Waals surface area contributed by atoms with Gasteiger partial charge in [0.25, 0.3) is 0 Å². The minimum absolute atomic E-state index is 0.161. The summed E-state index contributed by atoms with van der Waals surface area (Å²) >= 11 is 0. The average Bonchev–Trinajstić information content (AvgIpc) is 2.21. The van der Waals surface area contributed by atoms with E-state index in [4.69, 9.17) is 11.6 Å². The first-order chi connectivity index (χ1) is 7.15. The maximum Gasteiger partial charge on any atom is 0.0480 e. The molecule has 1 atom stereocenters. The summed E-state index contributed by atoms with van der Waals surface area (Å²) in [6.07, 6.45) is 2.16. The Morgan fingerprint density at radius 1 is 1.20 bits per heavy atom. The fourth-order valence-electron chi connectivity index (χ4n) is 1.66. The Morgan fingerprint density at radius 3 is 2.40 bits per heavy atom. The zero-order valence-corrected chi connectivity index (χ0v) is 9.53. The van der Waals surface area contributed by atoms with Crippen molar-refractivity contribution in [3.63, 3.8) is 0 Å². The van der Waals surface area contributed by atoms with Crippen LogP contribution in [0.15, 0.2) is 24.3 Å². The summed E-state index contributed by atoms with van der Waals surface area (Å²) in [5, 5.41) is 0. The first-order valence-electron chi connectivity index (χ1n) is 5.45. The summed E-state index contributed by atoms with van der Waals surface area (Å²) in [5.41, 5.74) is 10.6. The lowest BCUT2D eigenvalue weighted by molar-refractivity contribution is 0.449. The number of nitrogens with two attached hydrogens (primary N) is 2. The number of anilines is 1. The Bertz CT molecular complexity index is 297. The van der Waals surface area contributed by atoms with E-state index in [-0.39, 0.29) is 6.04 Å². The third-order valence-corrected chi connectivity index (χ3v) is 2.61. The van der Waals surface area contributed by atoms with Crippen molar-refractivity contribution in [1.82, 2.24) is 5.43 Å². The fourth-order valence-corrected chi connectivity index (χ4v) is 1.66. The van der Waals surface area contributed by atoms with Gasteiger partial charge in [0.1, 0.15) is 0 Å². The van der Waals surface area contributed by atoms with Gasteiger partial charge in [0, 0.05) is 11.7 Å². The van der Waals surface area contributed by atoms with Gasteiger partial charge in [0.15, 0.2) is 0 Å². The highest BCUT2D eigenvalue weighted by atomic mass is 15.2. The minimum atomic E-state index is 0.161. The Labute approximate surface area is 91.8 Å². The van der Waals surface area contributed by atoms with Gasteiger partial charge >= 0.3 is 0 Å². The molecule has 0 heterocycles. The number of benzene rings is 1. The second-order valence-corrected chi connectivity index (χ2v) is 4.32. The molecule has 0 saturated heterocycles. The normalized spacial score (nSPS) is 13.1. The maximum atomic E-state index is 5.91. The molecule has 1 aromatic rings. The van der Waals surface area contributed by atoms with Crippen LogP contribution in [0.3, 0.4) is 0 Å². The fraction of sp³-hybridized carbons (Fsp3) is 0.500. The Morgan fingerprint density at radius 2 is 1.87 bits per heavy atom. The highest BCUT2D eigenvalue weighted by molar-refractivity contribution is 5.48. The van der Waals surface area contributed by atoms with Gasteiger partial charge in [-0.1, -0.05) is 32.0 Å². The molecule has 0 bridgehead atoms. The van der Waals surface area contributed by atoms with Crippen molar-refractivity contribution in [2.75, 3.05) is 5.73 Å². The van der Waals surface area contributed by atoms with E-state index >= 15 is 0 Å². The number of nitrogen functional groups attached to an aromatic ring is 1. The van der Waals surface area contributed by atoms with Crippen LogP contribution in [0, 0.1) is 5.92 Å². The molecule has 3 heteroatoms. The van der Waals surface area contributed by atoms with E-state index in [1.54, 1.807) is 0 Å². The van der Waals surface area contributed by atoms with Crippen molar-refractivity contribution in [1.29, 1.82) is 0 Å². The van der Waals surface area contributed by atoms with E-state index in [1.807, 2.05) is 24.3 Å². The Kier molecular flexibility index (Phi) is 4.59. The molecule has 0 spiro atoms. The molecule has 0 amide bonds.